The van der Waals surface area contributed by atoms with Crippen molar-refractivity contribution < 1.29 is 4.92 Å². The van der Waals surface area contributed by atoms with Gasteiger partial charge in [0.1, 0.15) is 10.9 Å². The predicted molar refractivity (Wildman–Crippen MR) is 86.5 cm³/mol. The monoisotopic (exact) mass is 327 g/mol. The number of hydrogen-bond donors (Lipinski definition) is 0. The Morgan fingerprint density at radius 3 is 2.52 bits per heavy atom. The van der Waals surface area contributed by atoms with Crippen molar-refractivity contribution in [2.24, 2.45) is 0 Å². The SMILES string of the molecule is Cc1nccn1-c1ccc(SCc2ccc([N+](=O)[O-])cc2)nn1. The molecule has 0 atom stereocenters. The molecule has 0 spiro atoms. The van der Waals surface area contributed by atoms with Gasteiger partial charge in [-0.15, -0.1) is 10.2 Å². The van der Waals surface area contributed by atoms with Crippen LogP contribution in [0.1, 0.15) is 11.4 Å². The average molecular weight is 327 g/mol. The molecule has 0 fully saturated rings. The van der Waals surface area contributed by atoms with Gasteiger partial charge in [-0.2, -0.15) is 0 Å². The van der Waals surface area contributed by atoms with Gasteiger partial charge in [0.05, 0.1) is 4.92 Å². The zero-order valence-electron chi connectivity index (χ0n) is 12.3. The van der Waals surface area contributed by atoms with Crippen LogP contribution in [0.2, 0.25) is 0 Å². The van der Waals surface area contributed by atoms with Gasteiger partial charge in [-0.25, -0.2) is 4.98 Å². The fraction of sp³-hybridized carbons (Fsp3) is 0.133. The zero-order valence-corrected chi connectivity index (χ0v) is 13.1. The topological polar surface area (TPSA) is 86.7 Å². The van der Waals surface area contributed by atoms with Crippen molar-refractivity contribution in [3.05, 3.63) is 70.3 Å². The van der Waals surface area contributed by atoms with Crippen molar-refractivity contribution >= 4 is 17.4 Å². The van der Waals surface area contributed by atoms with E-state index >= 15 is 0 Å². The van der Waals surface area contributed by atoms with Crippen LogP contribution in [0.3, 0.4) is 0 Å². The molecule has 8 heteroatoms. The van der Waals surface area contributed by atoms with Gasteiger partial charge in [0.2, 0.25) is 0 Å². The molecule has 0 bridgehead atoms. The van der Waals surface area contributed by atoms with Crippen LogP contribution in [-0.2, 0) is 5.75 Å². The molecule has 7 nitrogen and oxygen atoms in total. The van der Waals surface area contributed by atoms with Crippen LogP contribution < -0.4 is 0 Å². The Balaban J connectivity index is 1.64. The molecule has 1 aromatic carbocycles. The lowest BCUT2D eigenvalue weighted by molar-refractivity contribution is -0.384. The molecule has 2 heterocycles. The van der Waals surface area contributed by atoms with E-state index in [4.69, 9.17) is 0 Å². The second-order valence-electron chi connectivity index (χ2n) is 4.79. The van der Waals surface area contributed by atoms with E-state index in [2.05, 4.69) is 15.2 Å². The van der Waals surface area contributed by atoms with Gasteiger partial charge < -0.3 is 0 Å². The van der Waals surface area contributed by atoms with E-state index in [-0.39, 0.29) is 5.69 Å². The molecule has 0 unspecified atom stereocenters. The first-order chi connectivity index (χ1) is 11.1. The first-order valence-corrected chi connectivity index (χ1v) is 7.82. The molecule has 0 radical (unpaired) electrons. The molecule has 0 amide bonds. The molecular formula is C15H13N5O2S. The van der Waals surface area contributed by atoms with E-state index in [0.29, 0.717) is 5.75 Å². The third kappa shape index (κ3) is 3.54. The van der Waals surface area contributed by atoms with Gasteiger partial charge in [-0.3, -0.25) is 14.7 Å². The lowest BCUT2D eigenvalue weighted by Gasteiger charge is -2.04. The number of aryl methyl sites for hydroxylation is 1. The second kappa shape index (κ2) is 6.57. The summed E-state index contributed by atoms with van der Waals surface area (Å²) in [7, 11) is 0. The summed E-state index contributed by atoms with van der Waals surface area (Å²) in [6.45, 7) is 1.90. The summed E-state index contributed by atoms with van der Waals surface area (Å²) in [6, 6.07) is 10.3. The highest BCUT2D eigenvalue weighted by atomic mass is 32.2. The van der Waals surface area contributed by atoms with Crippen LogP contribution in [0.5, 0.6) is 0 Å². The molecule has 0 saturated carbocycles. The highest BCUT2D eigenvalue weighted by Gasteiger charge is 2.06. The standard InChI is InChI=1S/C15H13N5O2S/c1-11-16-8-9-19(11)14-6-7-15(18-17-14)23-10-12-2-4-13(5-3-12)20(21)22/h2-9H,10H2,1H3. The number of benzene rings is 1. The molecule has 0 N–H and O–H groups in total. The number of nitro benzene ring substituents is 1. The number of imidazole rings is 1. The van der Waals surface area contributed by atoms with Gasteiger partial charge in [0.15, 0.2) is 5.82 Å². The van der Waals surface area contributed by atoms with Gasteiger partial charge in [-0.05, 0) is 24.6 Å². The summed E-state index contributed by atoms with van der Waals surface area (Å²) >= 11 is 1.53. The maximum absolute atomic E-state index is 10.6. The molecule has 23 heavy (non-hydrogen) atoms. The van der Waals surface area contributed by atoms with Gasteiger partial charge >= 0.3 is 0 Å². The van der Waals surface area contributed by atoms with Crippen molar-refractivity contribution in [3.8, 4) is 5.82 Å². The number of rotatable bonds is 5. The highest BCUT2D eigenvalue weighted by molar-refractivity contribution is 7.98. The molecule has 0 aliphatic heterocycles. The summed E-state index contributed by atoms with van der Waals surface area (Å²) in [5.74, 6) is 2.25. The molecule has 2 aromatic heterocycles. The van der Waals surface area contributed by atoms with Gasteiger partial charge in [0, 0.05) is 30.3 Å². The van der Waals surface area contributed by atoms with Gasteiger partial charge in [0.25, 0.3) is 5.69 Å². The molecule has 0 aliphatic carbocycles. The van der Waals surface area contributed by atoms with Gasteiger partial charge in [-0.1, -0.05) is 23.9 Å². The highest BCUT2D eigenvalue weighted by Crippen LogP contribution is 2.22. The second-order valence-corrected chi connectivity index (χ2v) is 5.78. The lowest BCUT2D eigenvalue weighted by Crippen LogP contribution is -2.00. The molecule has 116 valence electrons. The minimum atomic E-state index is -0.404. The van der Waals surface area contributed by atoms with Crippen molar-refractivity contribution in [2.75, 3.05) is 0 Å². The maximum Gasteiger partial charge on any atom is 0.269 e. The Morgan fingerprint density at radius 2 is 1.96 bits per heavy atom. The van der Waals surface area contributed by atoms with E-state index in [1.807, 2.05) is 29.8 Å². The van der Waals surface area contributed by atoms with E-state index in [9.17, 15) is 10.1 Å². The summed E-state index contributed by atoms with van der Waals surface area (Å²) < 4.78 is 1.86. The number of aromatic nitrogens is 4. The molecule has 0 aliphatic rings. The van der Waals surface area contributed by atoms with Crippen molar-refractivity contribution in [3.63, 3.8) is 0 Å². The first kappa shape index (κ1) is 15.2. The minimum Gasteiger partial charge on any atom is -0.287 e. The first-order valence-electron chi connectivity index (χ1n) is 6.83. The maximum atomic E-state index is 10.6. The largest absolute Gasteiger partial charge is 0.287 e. The Labute approximate surface area is 136 Å². The number of nitro groups is 1. The fourth-order valence-electron chi connectivity index (χ4n) is 2.01. The van der Waals surface area contributed by atoms with E-state index in [1.54, 1.807) is 18.3 Å². The van der Waals surface area contributed by atoms with E-state index in [1.165, 1.54) is 23.9 Å². The Kier molecular flexibility index (Phi) is 4.33. The predicted octanol–water partition coefficient (Wildman–Crippen LogP) is 3.17. The Morgan fingerprint density at radius 1 is 1.17 bits per heavy atom. The van der Waals surface area contributed by atoms with Crippen LogP contribution >= 0.6 is 11.8 Å². The van der Waals surface area contributed by atoms with Crippen LogP contribution in [0.15, 0.2) is 53.8 Å². The fourth-order valence-corrected chi connectivity index (χ4v) is 2.78. The summed E-state index contributed by atoms with van der Waals surface area (Å²) in [6.07, 6.45) is 3.55. The third-order valence-electron chi connectivity index (χ3n) is 3.23. The lowest BCUT2D eigenvalue weighted by atomic mass is 10.2. The smallest absolute Gasteiger partial charge is 0.269 e. The van der Waals surface area contributed by atoms with Crippen LogP contribution in [0.25, 0.3) is 5.82 Å². The van der Waals surface area contributed by atoms with Crippen molar-refractivity contribution in [1.82, 2.24) is 19.7 Å². The Hall–Kier alpha value is -2.74. The van der Waals surface area contributed by atoms with Crippen LogP contribution in [-0.4, -0.2) is 24.7 Å². The van der Waals surface area contributed by atoms with Crippen LogP contribution in [0.4, 0.5) is 5.69 Å². The summed E-state index contributed by atoms with van der Waals surface area (Å²) in [5.41, 5.74) is 1.09. The Bertz CT molecular complexity index is 815. The third-order valence-corrected chi connectivity index (χ3v) is 4.22. The summed E-state index contributed by atoms with van der Waals surface area (Å²) in [5, 5.41) is 19.8. The zero-order chi connectivity index (χ0) is 16.2. The molecule has 3 aromatic rings. The molecular weight excluding hydrogens is 314 g/mol. The molecule has 0 saturated heterocycles. The average Bonchev–Trinajstić information content (AvgIpc) is 3.00. The quantitative estimate of drug-likeness (QED) is 0.406. The molecule has 3 rings (SSSR count). The van der Waals surface area contributed by atoms with E-state index in [0.717, 1.165) is 22.2 Å². The normalized spacial score (nSPS) is 10.7. The summed E-state index contributed by atoms with van der Waals surface area (Å²) in [4.78, 5) is 14.4. The van der Waals surface area contributed by atoms with E-state index < -0.39 is 4.92 Å². The number of nitrogens with zero attached hydrogens (tertiary/aromatic N) is 5. The number of non-ortho nitro benzene ring substituents is 1. The number of thioether (sulfide) groups is 1. The minimum absolute atomic E-state index is 0.0959. The van der Waals surface area contributed by atoms with Crippen molar-refractivity contribution in [1.29, 1.82) is 0 Å². The van der Waals surface area contributed by atoms with Crippen LogP contribution in [0, 0.1) is 17.0 Å². The van der Waals surface area contributed by atoms with Crippen molar-refractivity contribution in [2.45, 2.75) is 17.7 Å². The number of hydrogen-bond acceptors (Lipinski definition) is 6.